The maximum Gasteiger partial charge on any atom is 0.164 e. The van der Waals surface area contributed by atoms with Crippen molar-refractivity contribution in [1.82, 2.24) is 19.9 Å². The highest BCUT2D eigenvalue weighted by atomic mass is 15.0. The predicted molar refractivity (Wildman–Crippen MR) is 265 cm³/mol. The lowest BCUT2D eigenvalue weighted by molar-refractivity contribution is 1.07. The van der Waals surface area contributed by atoms with Crippen LogP contribution in [0.1, 0.15) is 0 Å². The number of rotatable bonds is 8. The molecule has 0 saturated carbocycles. The first kappa shape index (κ1) is 37.2. The fourth-order valence-electron chi connectivity index (χ4n) is 9.08. The van der Waals surface area contributed by atoms with Gasteiger partial charge in [0.25, 0.3) is 0 Å². The summed E-state index contributed by atoms with van der Waals surface area (Å²) in [5, 5.41) is 7.54. The summed E-state index contributed by atoms with van der Waals surface area (Å²) in [5.41, 5.74) is 13.3. The topological polar surface area (TPSA) is 51.6 Å². The van der Waals surface area contributed by atoms with Crippen molar-refractivity contribution in [3.63, 3.8) is 0 Å². The highest BCUT2D eigenvalue weighted by molar-refractivity contribution is 6.26. The van der Waals surface area contributed by atoms with Gasteiger partial charge in [0.2, 0.25) is 0 Å². The van der Waals surface area contributed by atoms with E-state index in [0.717, 1.165) is 67.0 Å². The lowest BCUT2D eigenvalue weighted by Crippen LogP contribution is -2.00. The highest BCUT2D eigenvalue weighted by Crippen LogP contribution is 2.42. The molecule has 10 aromatic carbocycles. The minimum atomic E-state index is 0.588. The van der Waals surface area contributed by atoms with Gasteiger partial charge in [-0.1, -0.05) is 200 Å². The van der Waals surface area contributed by atoms with Gasteiger partial charge in [0.1, 0.15) is 0 Å². The molecule has 0 amide bonds. The third-order valence-electron chi connectivity index (χ3n) is 12.2. The number of nitrogens with zero attached hydrogens (tertiary/aromatic N) is 4. The van der Waals surface area contributed by atoms with Crippen molar-refractivity contribution in [1.29, 1.82) is 0 Å². The molecule has 0 fully saturated rings. The molecule has 0 N–H and O–H groups in total. The van der Waals surface area contributed by atoms with Crippen LogP contribution in [0.5, 0.6) is 0 Å². The van der Waals surface area contributed by atoms with Crippen LogP contribution in [0.25, 0.3) is 122 Å². The second-order valence-electron chi connectivity index (χ2n) is 16.2. The van der Waals surface area contributed by atoms with Crippen LogP contribution in [0.15, 0.2) is 231 Å². The lowest BCUT2D eigenvalue weighted by atomic mass is 9.88. The SMILES string of the molecule is c1ccc(-c2ccc(-c3nc(-c4cccc(-c5ccccc5)c4)nc(-c4cccc(-c5cc(-c6cc7cccc8ccc9cccc6c9c87)cc(-c6ccccc6)n5)c4)n3)cc2)cc1. The smallest absolute Gasteiger partial charge is 0.164 e. The molecule has 2 aromatic heterocycles. The van der Waals surface area contributed by atoms with Gasteiger partial charge in [0.05, 0.1) is 11.4 Å². The molecular weight excluding hydrogens is 777 g/mol. The third-order valence-corrected chi connectivity index (χ3v) is 12.2. The molecule has 0 radical (unpaired) electrons. The Morgan fingerprint density at radius 1 is 0.219 bits per heavy atom. The third kappa shape index (κ3) is 6.84. The van der Waals surface area contributed by atoms with E-state index in [9.17, 15) is 0 Å². The van der Waals surface area contributed by atoms with Gasteiger partial charge >= 0.3 is 0 Å². The zero-order valence-electron chi connectivity index (χ0n) is 34.7. The quantitative estimate of drug-likeness (QED) is 0.143. The minimum absolute atomic E-state index is 0.588. The van der Waals surface area contributed by atoms with E-state index in [-0.39, 0.29) is 0 Å². The average molecular weight is 815 g/mol. The lowest BCUT2D eigenvalue weighted by Gasteiger charge is -2.16. The van der Waals surface area contributed by atoms with E-state index in [1.807, 2.05) is 18.2 Å². The fraction of sp³-hybridized carbons (Fsp3) is 0. The molecule has 12 aromatic rings. The highest BCUT2D eigenvalue weighted by Gasteiger charge is 2.18. The van der Waals surface area contributed by atoms with Gasteiger partial charge in [-0.2, -0.15) is 0 Å². The molecule has 0 unspecified atom stereocenters. The van der Waals surface area contributed by atoms with Gasteiger partial charge in [0.15, 0.2) is 17.5 Å². The number of aromatic nitrogens is 4. The van der Waals surface area contributed by atoms with Crippen LogP contribution in [0.4, 0.5) is 0 Å². The van der Waals surface area contributed by atoms with E-state index in [0.29, 0.717) is 17.5 Å². The van der Waals surface area contributed by atoms with E-state index in [2.05, 4.69) is 212 Å². The number of hydrogen-bond donors (Lipinski definition) is 0. The average Bonchev–Trinajstić information content (AvgIpc) is 3.38. The Morgan fingerprint density at radius 2 is 0.656 bits per heavy atom. The summed E-state index contributed by atoms with van der Waals surface area (Å²) in [6.07, 6.45) is 0. The summed E-state index contributed by atoms with van der Waals surface area (Å²) < 4.78 is 0. The van der Waals surface area contributed by atoms with Crippen LogP contribution < -0.4 is 0 Å². The van der Waals surface area contributed by atoms with Crippen LogP contribution in [0.2, 0.25) is 0 Å². The van der Waals surface area contributed by atoms with Crippen molar-refractivity contribution in [2.45, 2.75) is 0 Å². The summed E-state index contributed by atoms with van der Waals surface area (Å²) >= 11 is 0. The molecular formula is C60H38N4. The van der Waals surface area contributed by atoms with Gasteiger partial charge in [-0.3, -0.25) is 0 Å². The Morgan fingerprint density at radius 3 is 1.31 bits per heavy atom. The Hall–Kier alpha value is -8.60. The first-order valence-corrected chi connectivity index (χ1v) is 21.6. The number of benzene rings is 10. The zero-order chi connectivity index (χ0) is 42.4. The van der Waals surface area contributed by atoms with Gasteiger partial charge in [-0.15, -0.1) is 0 Å². The maximum absolute atomic E-state index is 5.36. The summed E-state index contributed by atoms with van der Waals surface area (Å²) in [6.45, 7) is 0. The first-order chi connectivity index (χ1) is 31.7. The van der Waals surface area contributed by atoms with Gasteiger partial charge in [-0.25, -0.2) is 19.9 Å². The van der Waals surface area contributed by atoms with E-state index < -0.39 is 0 Å². The van der Waals surface area contributed by atoms with Gasteiger partial charge < -0.3 is 0 Å². The Bertz CT molecular complexity index is 3640. The van der Waals surface area contributed by atoms with Crippen molar-refractivity contribution in [2.24, 2.45) is 0 Å². The summed E-state index contributed by atoms with van der Waals surface area (Å²) in [7, 11) is 0. The molecule has 0 aliphatic heterocycles. The molecule has 64 heavy (non-hydrogen) atoms. The Kier molecular flexibility index (Phi) is 9.12. The molecule has 4 nitrogen and oxygen atoms in total. The molecule has 0 saturated heterocycles. The molecule has 4 heteroatoms. The normalized spacial score (nSPS) is 11.4. The van der Waals surface area contributed by atoms with Crippen LogP contribution in [0.3, 0.4) is 0 Å². The Balaban J connectivity index is 1.01. The van der Waals surface area contributed by atoms with Gasteiger partial charge in [0, 0.05) is 27.8 Å². The summed E-state index contributed by atoms with van der Waals surface area (Å²) in [6, 6.07) is 81.1. The molecule has 0 spiro atoms. The van der Waals surface area contributed by atoms with Crippen LogP contribution in [-0.4, -0.2) is 19.9 Å². The van der Waals surface area contributed by atoms with Crippen molar-refractivity contribution in [2.75, 3.05) is 0 Å². The molecule has 12 rings (SSSR count). The van der Waals surface area contributed by atoms with Crippen molar-refractivity contribution < 1.29 is 0 Å². The van der Waals surface area contributed by atoms with Crippen molar-refractivity contribution >= 4 is 32.3 Å². The zero-order valence-corrected chi connectivity index (χ0v) is 34.7. The molecule has 0 bridgehead atoms. The standard InChI is InChI=1S/C60H38N4/c1-4-14-39(15-5-1)41-28-32-45(33-29-41)58-62-59(49-25-11-22-46(34-49)40-16-6-2-7-17-40)64-60(63-58)50-26-12-23-47(35-50)55-38-51(37-54(61-55)42-18-8-3-9-19-42)53-36-48-24-10-20-43-30-31-44-21-13-27-52(53)57(44)56(43)48/h1-38H. The van der Waals surface area contributed by atoms with E-state index in [1.165, 1.54) is 37.9 Å². The molecule has 2 heterocycles. The van der Waals surface area contributed by atoms with Crippen molar-refractivity contribution in [3.05, 3.63) is 231 Å². The predicted octanol–water partition coefficient (Wildman–Crippen LogP) is 15.5. The van der Waals surface area contributed by atoms with E-state index in [4.69, 9.17) is 19.9 Å². The summed E-state index contributed by atoms with van der Waals surface area (Å²) in [4.78, 5) is 20.9. The monoisotopic (exact) mass is 814 g/mol. The van der Waals surface area contributed by atoms with Crippen LogP contribution >= 0.6 is 0 Å². The van der Waals surface area contributed by atoms with Gasteiger partial charge in [-0.05, 0) is 96.0 Å². The number of hydrogen-bond acceptors (Lipinski definition) is 4. The first-order valence-electron chi connectivity index (χ1n) is 21.6. The fourth-order valence-corrected chi connectivity index (χ4v) is 9.08. The second-order valence-corrected chi connectivity index (χ2v) is 16.2. The second kappa shape index (κ2) is 15.7. The molecule has 0 aliphatic carbocycles. The Labute approximate surface area is 371 Å². The van der Waals surface area contributed by atoms with Crippen LogP contribution in [-0.2, 0) is 0 Å². The van der Waals surface area contributed by atoms with Crippen molar-refractivity contribution in [3.8, 4) is 90.1 Å². The largest absolute Gasteiger partial charge is 0.248 e. The molecule has 0 aliphatic rings. The molecule has 298 valence electrons. The maximum atomic E-state index is 5.36. The van der Waals surface area contributed by atoms with E-state index in [1.54, 1.807) is 0 Å². The number of pyridine rings is 1. The summed E-state index contributed by atoms with van der Waals surface area (Å²) in [5.74, 6) is 1.80. The van der Waals surface area contributed by atoms with E-state index >= 15 is 0 Å². The minimum Gasteiger partial charge on any atom is -0.248 e. The molecule has 0 atom stereocenters. The van der Waals surface area contributed by atoms with Crippen LogP contribution in [0, 0.1) is 0 Å².